The van der Waals surface area contributed by atoms with Gasteiger partial charge in [0.05, 0.1) is 22.0 Å². The first-order chi connectivity index (χ1) is 15.7. The number of amides is 2. The summed E-state index contributed by atoms with van der Waals surface area (Å²) >= 11 is 12.4. The summed E-state index contributed by atoms with van der Waals surface area (Å²) in [5, 5.41) is 9.23. The molecule has 1 aliphatic heterocycles. The van der Waals surface area contributed by atoms with Crippen molar-refractivity contribution in [2.45, 2.75) is 0 Å². The highest BCUT2D eigenvalue weighted by atomic mass is 35.5. The monoisotopic (exact) mass is 501 g/mol. The van der Waals surface area contributed by atoms with E-state index >= 15 is 0 Å². The maximum atomic E-state index is 12.7. The van der Waals surface area contributed by atoms with Gasteiger partial charge in [-0.15, -0.1) is 0 Å². The molecule has 2 aromatic carbocycles. The summed E-state index contributed by atoms with van der Waals surface area (Å²) in [5.74, 6) is -1.53. The predicted octanol–water partition coefficient (Wildman–Crippen LogP) is 5.87. The lowest BCUT2D eigenvalue weighted by molar-refractivity contribution is -0.122. The molecule has 0 saturated carbocycles. The second-order valence-electron chi connectivity index (χ2n) is 6.90. The molecule has 1 aromatic heterocycles. The summed E-state index contributed by atoms with van der Waals surface area (Å²) < 4.78 is 5.70. The van der Waals surface area contributed by atoms with Gasteiger partial charge in [-0.3, -0.25) is 19.3 Å². The summed E-state index contributed by atoms with van der Waals surface area (Å²) in [6, 6.07) is 13.8. The number of carbonyl (C=O) groups excluding carboxylic acids is 3. The van der Waals surface area contributed by atoms with Crippen molar-refractivity contribution >= 4 is 63.9 Å². The lowest BCUT2D eigenvalue weighted by Crippen LogP contribution is -2.33. The zero-order valence-corrected chi connectivity index (χ0v) is 18.9. The molecule has 2 heterocycles. The van der Waals surface area contributed by atoms with E-state index in [1.165, 1.54) is 30.3 Å². The Morgan fingerprint density at radius 1 is 1.03 bits per heavy atom. The minimum absolute atomic E-state index is 0.0707. The van der Waals surface area contributed by atoms with Gasteiger partial charge in [-0.25, -0.2) is 4.79 Å². The number of imide groups is 1. The quantitative estimate of drug-likeness (QED) is 0.332. The molecule has 1 saturated heterocycles. The molecule has 1 aliphatic rings. The van der Waals surface area contributed by atoms with Crippen molar-refractivity contribution in [3.8, 4) is 11.3 Å². The topological polar surface area (TPSA) is 105 Å². The number of hydrogen-bond donors (Lipinski definition) is 1. The average Bonchev–Trinajstić information content (AvgIpc) is 3.34. The van der Waals surface area contributed by atoms with Crippen LogP contribution in [0.15, 0.2) is 63.9 Å². The van der Waals surface area contributed by atoms with Gasteiger partial charge in [0.25, 0.3) is 11.1 Å². The van der Waals surface area contributed by atoms with Crippen LogP contribution in [0.4, 0.5) is 4.79 Å². The summed E-state index contributed by atoms with van der Waals surface area (Å²) in [6.07, 6.45) is 1.40. The van der Waals surface area contributed by atoms with Crippen molar-refractivity contribution < 1.29 is 28.7 Å². The lowest BCUT2D eigenvalue weighted by Gasteiger charge is -2.11. The van der Waals surface area contributed by atoms with Gasteiger partial charge in [-0.2, -0.15) is 0 Å². The first-order valence-corrected chi connectivity index (χ1v) is 11.0. The second-order valence-corrected chi connectivity index (χ2v) is 8.74. The van der Waals surface area contributed by atoms with Gasteiger partial charge < -0.3 is 9.52 Å². The Balaban J connectivity index is 1.52. The fourth-order valence-corrected chi connectivity index (χ4v) is 4.21. The van der Waals surface area contributed by atoms with Crippen LogP contribution in [0.25, 0.3) is 17.4 Å². The first kappa shape index (κ1) is 22.8. The van der Waals surface area contributed by atoms with Crippen LogP contribution in [0.2, 0.25) is 10.0 Å². The zero-order chi connectivity index (χ0) is 23.7. The Kier molecular flexibility index (Phi) is 6.42. The molecule has 0 spiro atoms. The number of nitrogens with zero attached hydrogens (tertiary/aromatic N) is 1. The van der Waals surface area contributed by atoms with Crippen LogP contribution in [0.3, 0.4) is 0 Å². The molecule has 1 N–H and O–H groups in total. The molecule has 7 nitrogen and oxygen atoms in total. The molecule has 1 fully saturated rings. The smallest absolute Gasteiger partial charge is 0.337 e. The molecular formula is C23H13Cl2NO6S. The molecule has 166 valence electrons. The molecular weight excluding hydrogens is 489 g/mol. The van der Waals surface area contributed by atoms with E-state index in [2.05, 4.69) is 0 Å². The number of carbonyl (C=O) groups is 4. The third kappa shape index (κ3) is 4.88. The number of halogens is 2. The summed E-state index contributed by atoms with van der Waals surface area (Å²) in [7, 11) is 0. The average molecular weight is 502 g/mol. The molecule has 0 atom stereocenters. The number of hydrogen-bond acceptors (Lipinski definition) is 6. The fourth-order valence-electron chi connectivity index (χ4n) is 3.06. The van der Waals surface area contributed by atoms with Crippen LogP contribution in [0.5, 0.6) is 0 Å². The Hall–Kier alpha value is -3.33. The van der Waals surface area contributed by atoms with E-state index in [9.17, 15) is 24.3 Å². The molecule has 0 aliphatic carbocycles. The van der Waals surface area contributed by atoms with E-state index in [1.807, 2.05) is 0 Å². The molecule has 3 aromatic rings. The largest absolute Gasteiger partial charge is 0.478 e. The van der Waals surface area contributed by atoms with Crippen molar-refractivity contribution in [1.82, 2.24) is 4.90 Å². The third-order valence-electron chi connectivity index (χ3n) is 4.72. The van der Waals surface area contributed by atoms with Crippen LogP contribution in [-0.2, 0) is 4.79 Å². The number of carboxylic acids is 1. The van der Waals surface area contributed by atoms with Crippen molar-refractivity contribution in [2.24, 2.45) is 0 Å². The first-order valence-electron chi connectivity index (χ1n) is 9.40. The molecule has 2 amide bonds. The minimum Gasteiger partial charge on any atom is -0.478 e. The highest BCUT2D eigenvalue weighted by molar-refractivity contribution is 8.18. The molecule has 0 bridgehead atoms. The highest BCUT2D eigenvalue weighted by Crippen LogP contribution is 2.34. The van der Waals surface area contributed by atoms with Crippen molar-refractivity contribution in [3.05, 3.63) is 86.4 Å². The molecule has 0 radical (unpaired) electrons. The molecule has 10 heteroatoms. The van der Waals surface area contributed by atoms with Gasteiger partial charge in [0.15, 0.2) is 5.78 Å². The molecule has 4 rings (SSSR count). The van der Waals surface area contributed by atoms with Gasteiger partial charge in [0.1, 0.15) is 11.5 Å². The standard InChI is InChI=1S/C23H13Cl2NO6S/c24-14-4-1-12(2-5-14)18(27)11-26-21(28)20(33-23(26)31)10-15-6-8-19(32-15)13-3-7-17(25)16(9-13)22(29)30/h1-10H,11H2,(H,29,30)/b20-10+. The Bertz CT molecular complexity index is 1330. The number of ketones is 1. The Morgan fingerprint density at radius 3 is 2.45 bits per heavy atom. The number of thioether (sulfide) groups is 1. The van der Waals surface area contributed by atoms with Gasteiger partial charge in [-0.05, 0) is 66.4 Å². The van der Waals surface area contributed by atoms with Gasteiger partial charge in [-0.1, -0.05) is 23.2 Å². The van der Waals surface area contributed by atoms with Gasteiger partial charge in [0, 0.05) is 22.2 Å². The molecule has 33 heavy (non-hydrogen) atoms. The summed E-state index contributed by atoms with van der Waals surface area (Å²) in [5.41, 5.74) is 0.749. The van der Waals surface area contributed by atoms with E-state index in [0.717, 1.165) is 4.90 Å². The second kappa shape index (κ2) is 9.27. The number of carboxylic acid groups (broad SMARTS) is 1. The van der Waals surface area contributed by atoms with Crippen molar-refractivity contribution in [1.29, 1.82) is 0 Å². The van der Waals surface area contributed by atoms with Crippen LogP contribution < -0.4 is 0 Å². The van der Waals surface area contributed by atoms with Crippen LogP contribution in [-0.4, -0.2) is 39.5 Å². The Labute approximate surface area is 201 Å². The number of benzene rings is 2. The van der Waals surface area contributed by atoms with E-state index in [0.29, 0.717) is 33.7 Å². The summed E-state index contributed by atoms with van der Waals surface area (Å²) in [4.78, 5) is 49.7. The van der Waals surface area contributed by atoms with Crippen molar-refractivity contribution in [2.75, 3.05) is 6.54 Å². The Morgan fingerprint density at radius 2 is 1.76 bits per heavy atom. The van der Waals surface area contributed by atoms with Gasteiger partial charge >= 0.3 is 5.97 Å². The lowest BCUT2D eigenvalue weighted by atomic mass is 10.1. The fraction of sp³-hybridized carbons (Fsp3) is 0.0435. The van der Waals surface area contributed by atoms with Crippen LogP contribution in [0.1, 0.15) is 26.5 Å². The van der Waals surface area contributed by atoms with E-state index in [-0.39, 0.29) is 21.3 Å². The van der Waals surface area contributed by atoms with E-state index in [1.54, 1.807) is 30.3 Å². The number of rotatable bonds is 6. The highest BCUT2D eigenvalue weighted by Gasteiger charge is 2.36. The summed E-state index contributed by atoms with van der Waals surface area (Å²) in [6.45, 7) is -0.393. The maximum Gasteiger partial charge on any atom is 0.337 e. The van der Waals surface area contributed by atoms with E-state index < -0.39 is 29.4 Å². The zero-order valence-electron chi connectivity index (χ0n) is 16.6. The number of furan rings is 1. The van der Waals surface area contributed by atoms with Crippen LogP contribution >= 0.6 is 35.0 Å². The van der Waals surface area contributed by atoms with Crippen LogP contribution in [0, 0.1) is 0 Å². The predicted molar refractivity (Wildman–Crippen MR) is 125 cm³/mol. The SMILES string of the molecule is O=C(CN1C(=O)S/C(=C/c2ccc(-c3ccc(Cl)c(C(=O)O)c3)o2)C1=O)c1ccc(Cl)cc1. The third-order valence-corrected chi connectivity index (χ3v) is 6.21. The number of Topliss-reactive ketones (excluding diaryl/α,β-unsaturated/α-hetero) is 1. The van der Waals surface area contributed by atoms with E-state index in [4.69, 9.17) is 27.6 Å². The van der Waals surface area contributed by atoms with Gasteiger partial charge in [0.2, 0.25) is 0 Å². The number of aromatic carboxylic acids is 1. The normalized spacial score (nSPS) is 14.8. The molecule has 0 unspecified atom stereocenters. The van der Waals surface area contributed by atoms with Crippen molar-refractivity contribution in [3.63, 3.8) is 0 Å². The maximum absolute atomic E-state index is 12.7. The minimum atomic E-state index is -1.17.